The van der Waals surface area contributed by atoms with E-state index in [0.717, 1.165) is 22.3 Å². The van der Waals surface area contributed by atoms with Crippen molar-refractivity contribution in [2.24, 2.45) is 11.7 Å². The normalized spacial score (nSPS) is 14.6. The quantitative estimate of drug-likeness (QED) is 0.372. The molecule has 8 nitrogen and oxygen atoms in total. The summed E-state index contributed by atoms with van der Waals surface area (Å²) in [7, 11) is 2.91. The van der Waals surface area contributed by atoms with E-state index in [9.17, 15) is 14.7 Å². The summed E-state index contributed by atoms with van der Waals surface area (Å²) < 4.78 is 22.4. The van der Waals surface area contributed by atoms with Crippen LogP contribution < -0.4 is 19.9 Å². The molecule has 194 valence electrons. The van der Waals surface area contributed by atoms with Crippen LogP contribution in [0, 0.1) is 5.92 Å². The van der Waals surface area contributed by atoms with Crippen LogP contribution in [0.2, 0.25) is 0 Å². The Bertz CT molecular complexity index is 1250. The van der Waals surface area contributed by atoms with Gasteiger partial charge in [0, 0.05) is 18.5 Å². The van der Waals surface area contributed by atoms with Gasteiger partial charge < -0.3 is 29.8 Å². The maximum absolute atomic E-state index is 13.5. The lowest BCUT2D eigenvalue weighted by Crippen LogP contribution is -2.59. The molecule has 3 aromatic carbocycles. The molecule has 3 N–H and O–H groups in total. The second-order valence-corrected chi connectivity index (χ2v) is 8.84. The van der Waals surface area contributed by atoms with Gasteiger partial charge >= 0.3 is 11.9 Å². The SMILES string of the molecule is CCC(C(=O)OCC1c2ccccc2-c2ccccc21)C(CN)(Oc1cc(OC)ccc1OC)C(=O)O. The van der Waals surface area contributed by atoms with Crippen LogP contribution in [0.1, 0.15) is 30.4 Å². The summed E-state index contributed by atoms with van der Waals surface area (Å²) in [6.07, 6.45) is 0.131. The Balaban J connectivity index is 1.62. The van der Waals surface area contributed by atoms with Crippen molar-refractivity contribution in [3.05, 3.63) is 77.9 Å². The van der Waals surface area contributed by atoms with E-state index in [-0.39, 0.29) is 30.4 Å². The van der Waals surface area contributed by atoms with Crippen molar-refractivity contribution in [3.8, 4) is 28.4 Å². The average molecular weight is 506 g/mol. The van der Waals surface area contributed by atoms with Crippen molar-refractivity contribution in [1.29, 1.82) is 0 Å². The first kappa shape index (κ1) is 26.0. The lowest BCUT2D eigenvalue weighted by molar-refractivity contribution is -0.172. The molecule has 0 amide bonds. The summed E-state index contributed by atoms with van der Waals surface area (Å²) in [4.78, 5) is 26.1. The van der Waals surface area contributed by atoms with Crippen LogP contribution in [-0.4, -0.2) is 50.0 Å². The van der Waals surface area contributed by atoms with Gasteiger partial charge in [-0.3, -0.25) is 4.79 Å². The van der Waals surface area contributed by atoms with Crippen molar-refractivity contribution in [3.63, 3.8) is 0 Å². The van der Waals surface area contributed by atoms with Crippen LogP contribution in [0.4, 0.5) is 0 Å². The first-order chi connectivity index (χ1) is 17.9. The molecule has 8 heteroatoms. The summed E-state index contributed by atoms with van der Waals surface area (Å²) in [5.41, 5.74) is 8.22. The standard InChI is InChI=1S/C29H31NO7/c1-4-24(29(17-30,28(32)33)37-26-15-18(34-2)13-14-25(26)35-3)27(31)36-16-23-21-11-7-5-9-19(21)20-10-6-8-12-22(20)23/h5-15,23-24H,4,16-17,30H2,1-3H3,(H,32,33). The van der Waals surface area contributed by atoms with Gasteiger partial charge in [-0.2, -0.15) is 0 Å². The Morgan fingerprint density at radius 2 is 1.57 bits per heavy atom. The third-order valence-corrected chi connectivity index (χ3v) is 6.94. The number of hydrogen-bond acceptors (Lipinski definition) is 7. The number of methoxy groups -OCH3 is 2. The summed E-state index contributed by atoms with van der Waals surface area (Å²) in [6.45, 7) is 1.29. The molecule has 0 bridgehead atoms. The van der Waals surface area contributed by atoms with E-state index in [4.69, 9.17) is 24.7 Å². The second kappa shape index (κ2) is 10.9. The molecule has 0 saturated heterocycles. The summed E-state index contributed by atoms with van der Waals surface area (Å²) in [5.74, 6) is -2.61. The fourth-order valence-electron chi connectivity index (χ4n) is 4.99. The highest BCUT2D eigenvalue weighted by molar-refractivity contribution is 5.87. The summed E-state index contributed by atoms with van der Waals surface area (Å²) in [6, 6.07) is 20.7. The van der Waals surface area contributed by atoms with E-state index in [1.807, 2.05) is 48.5 Å². The van der Waals surface area contributed by atoms with Crippen LogP contribution >= 0.6 is 0 Å². The Kier molecular flexibility index (Phi) is 7.69. The summed E-state index contributed by atoms with van der Waals surface area (Å²) >= 11 is 0. The maximum Gasteiger partial charge on any atom is 0.350 e. The molecule has 1 aliphatic rings. The fourth-order valence-corrected chi connectivity index (χ4v) is 4.99. The van der Waals surface area contributed by atoms with Crippen LogP contribution in [-0.2, 0) is 14.3 Å². The number of rotatable bonds is 11. The van der Waals surface area contributed by atoms with E-state index < -0.39 is 30.0 Å². The van der Waals surface area contributed by atoms with Gasteiger partial charge in [0.1, 0.15) is 18.3 Å². The lowest BCUT2D eigenvalue weighted by Gasteiger charge is -2.35. The highest BCUT2D eigenvalue weighted by Crippen LogP contribution is 2.45. The van der Waals surface area contributed by atoms with E-state index in [1.54, 1.807) is 19.1 Å². The molecular formula is C29H31NO7. The Hall–Kier alpha value is -4.04. The minimum Gasteiger partial charge on any atom is -0.497 e. The largest absolute Gasteiger partial charge is 0.497 e. The van der Waals surface area contributed by atoms with Gasteiger partial charge in [-0.05, 0) is 40.8 Å². The number of carbonyl (C=O) groups is 2. The Morgan fingerprint density at radius 1 is 0.946 bits per heavy atom. The summed E-state index contributed by atoms with van der Waals surface area (Å²) in [5, 5.41) is 10.3. The van der Waals surface area contributed by atoms with Crippen LogP contribution in [0.15, 0.2) is 66.7 Å². The zero-order chi connectivity index (χ0) is 26.6. The molecule has 0 radical (unpaired) electrons. The molecule has 0 spiro atoms. The van der Waals surface area contributed by atoms with Crippen molar-refractivity contribution < 1.29 is 33.6 Å². The van der Waals surface area contributed by atoms with Gasteiger partial charge in [0.05, 0.1) is 14.2 Å². The molecule has 0 saturated carbocycles. The number of ether oxygens (including phenoxy) is 4. The zero-order valence-electron chi connectivity index (χ0n) is 21.1. The number of carboxylic acid groups (broad SMARTS) is 1. The minimum absolute atomic E-state index is 0.0616. The van der Waals surface area contributed by atoms with Gasteiger partial charge in [0.25, 0.3) is 0 Å². The minimum atomic E-state index is -2.09. The monoisotopic (exact) mass is 505 g/mol. The number of hydrogen-bond donors (Lipinski definition) is 2. The smallest absolute Gasteiger partial charge is 0.350 e. The number of carboxylic acids is 1. The van der Waals surface area contributed by atoms with Gasteiger partial charge in [-0.15, -0.1) is 0 Å². The highest BCUT2D eigenvalue weighted by atomic mass is 16.6. The predicted octanol–water partition coefficient (Wildman–Crippen LogP) is 4.25. The first-order valence-corrected chi connectivity index (χ1v) is 12.1. The molecule has 1 aliphatic carbocycles. The Morgan fingerprint density at radius 3 is 2.08 bits per heavy atom. The number of esters is 1. The van der Waals surface area contributed by atoms with Crippen molar-refractivity contribution in [2.75, 3.05) is 27.4 Å². The fraction of sp³-hybridized carbons (Fsp3) is 0.310. The molecule has 0 aliphatic heterocycles. The van der Waals surface area contributed by atoms with Crippen molar-refractivity contribution in [1.82, 2.24) is 0 Å². The van der Waals surface area contributed by atoms with Gasteiger partial charge in [-0.1, -0.05) is 55.5 Å². The van der Waals surface area contributed by atoms with Gasteiger partial charge in [-0.25, -0.2) is 4.79 Å². The van der Waals surface area contributed by atoms with E-state index in [2.05, 4.69) is 0 Å². The Labute approximate surface area is 215 Å². The van der Waals surface area contributed by atoms with E-state index in [1.165, 1.54) is 20.3 Å². The van der Waals surface area contributed by atoms with E-state index >= 15 is 0 Å². The third kappa shape index (κ3) is 4.72. The molecule has 3 aromatic rings. The first-order valence-electron chi connectivity index (χ1n) is 12.1. The topological polar surface area (TPSA) is 117 Å². The average Bonchev–Trinajstić information content (AvgIpc) is 3.25. The third-order valence-electron chi connectivity index (χ3n) is 6.94. The molecule has 0 aromatic heterocycles. The number of carbonyl (C=O) groups excluding carboxylic acids is 1. The molecular weight excluding hydrogens is 474 g/mol. The molecule has 2 atom stereocenters. The highest BCUT2D eigenvalue weighted by Gasteiger charge is 2.52. The van der Waals surface area contributed by atoms with Crippen LogP contribution in [0.25, 0.3) is 11.1 Å². The molecule has 4 rings (SSSR count). The number of fused-ring (bicyclic) bond motifs is 3. The predicted molar refractivity (Wildman–Crippen MR) is 138 cm³/mol. The second-order valence-electron chi connectivity index (χ2n) is 8.84. The lowest BCUT2D eigenvalue weighted by atomic mass is 9.84. The van der Waals surface area contributed by atoms with Gasteiger partial charge in [0.2, 0.25) is 5.60 Å². The van der Waals surface area contributed by atoms with E-state index in [0.29, 0.717) is 5.75 Å². The maximum atomic E-state index is 13.5. The van der Waals surface area contributed by atoms with Crippen LogP contribution in [0.3, 0.4) is 0 Å². The van der Waals surface area contributed by atoms with Crippen molar-refractivity contribution in [2.45, 2.75) is 24.9 Å². The number of benzene rings is 3. The molecule has 2 unspecified atom stereocenters. The van der Waals surface area contributed by atoms with Crippen molar-refractivity contribution >= 4 is 11.9 Å². The molecule has 37 heavy (non-hydrogen) atoms. The number of nitrogens with two attached hydrogens (primary N) is 1. The van der Waals surface area contributed by atoms with Crippen LogP contribution in [0.5, 0.6) is 17.2 Å². The molecule has 0 fully saturated rings. The van der Waals surface area contributed by atoms with Gasteiger partial charge in [0.15, 0.2) is 11.5 Å². The zero-order valence-corrected chi connectivity index (χ0v) is 21.1. The molecule has 0 heterocycles. The number of aliphatic carboxylic acids is 1.